The molecule has 4 heteroatoms. The normalized spacial score (nSPS) is 14.6. The molecule has 0 fully saturated rings. The summed E-state index contributed by atoms with van der Waals surface area (Å²) >= 11 is 0. The van der Waals surface area contributed by atoms with E-state index in [-0.39, 0.29) is 12.2 Å². The van der Waals surface area contributed by atoms with Crippen molar-refractivity contribution in [1.29, 1.82) is 0 Å². The largest absolute Gasteiger partial charge is 0.393 e. The van der Waals surface area contributed by atoms with Crippen molar-refractivity contribution >= 4 is 10.9 Å². The minimum absolute atomic E-state index is 0.189. The van der Waals surface area contributed by atoms with Gasteiger partial charge in [-0.3, -0.25) is 4.68 Å². The van der Waals surface area contributed by atoms with Crippen LogP contribution in [0.3, 0.4) is 0 Å². The molecule has 1 aromatic carbocycles. The molecule has 20 heavy (non-hydrogen) atoms. The average molecular weight is 276 g/mol. The summed E-state index contributed by atoms with van der Waals surface area (Å²) in [5.41, 5.74) is 2.13. The Labute approximate surface area is 120 Å². The molecule has 2 unspecified atom stereocenters. The number of aliphatic hydroxyl groups is 1. The lowest BCUT2D eigenvalue weighted by Crippen LogP contribution is -2.15. The van der Waals surface area contributed by atoms with Crippen molar-refractivity contribution in [3.63, 3.8) is 0 Å². The number of nitrogens with zero attached hydrogens (tertiary/aromatic N) is 2. The Kier molecular flexibility index (Phi) is 5.15. The number of para-hydroxylation sites is 1. The van der Waals surface area contributed by atoms with Gasteiger partial charge in [0.15, 0.2) is 0 Å². The van der Waals surface area contributed by atoms with Gasteiger partial charge in [0.05, 0.1) is 23.4 Å². The van der Waals surface area contributed by atoms with Crippen LogP contribution in [0.4, 0.5) is 0 Å². The van der Waals surface area contributed by atoms with E-state index in [1.165, 1.54) is 0 Å². The SMILES string of the molecule is CCn1nc(CC(O)CCC(C)OC)c2ccccc21. The summed E-state index contributed by atoms with van der Waals surface area (Å²) < 4.78 is 7.21. The number of aryl methyl sites for hydroxylation is 1. The van der Waals surface area contributed by atoms with E-state index in [1.807, 2.05) is 23.7 Å². The van der Waals surface area contributed by atoms with Crippen molar-refractivity contribution in [2.45, 2.75) is 51.9 Å². The monoisotopic (exact) mass is 276 g/mol. The number of aromatic nitrogens is 2. The van der Waals surface area contributed by atoms with Gasteiger partial charge in [0.1, 0.15) is 0 Å². The number of methoxy groups -OCH3 is 1. The molecule has 2 aromatic rings. The summed E-state index contributed by atoms with van der Waals surface area (Å²) in [6.45, 7) is 4.95. The Morgan fingerprint density at radius 3 is 2.75 bits per heavy atom. The summed E-state index contributed by atoms with van der Waals surface area (Å²) in [7, 11) is 1.70. The van der Waals surface area contributed by atoms with Gasteiger partial charge >= 0.3 is 0 Å². The van der Waals surface area contributed by atoms with Gasteiger partial charge in [-0.2, -0.15) is 5.10 Å². The molecule has 0 radical (unpaired) electrons. The molecule has 0 spiro atoms. The van der Waals surface area contributed by atoms with Crippen LogP contribution in [0.25, 0.3) is 10.9 Å². The first kappa shape index (κ1) is 15.0. The summed E-state index contributed by atoms with van der Waals surface area (Å²) in [6.07, 6.45) is 2.03. The topological polar surface area (TPSA) is 47.3 Å². The fourth-order valence-corrected chi connectivity index (χ4v) is 2.46. The molecule has 0 saturated carbocycles. The van der Waals surface area contributed by atoms with E-state index >= 15 is 0 Å². The van der Waals surface area contributed by atoms with Gasteiger partial charge in [-0.15, -0.1) is 0 Å². The van der Waals surface area contributed by atoms with Gasteiger partial charge < -0.3 is 9.84 Å². The third-order valence-electron chi connectivity index (χ3n) is 3.77. The van der Waals surface area contributed by atoms with Crippen LogP contribution in [0.1, 0.15) is 32.4 Å². The van der Waals surface area contributed by atoms with Crippen LogP contribution in [0.15, 0.2) is 24.3 Å². The van der Waals surface area contributed by atoms with E-state index < -0.39 is 0 Å². The summed E-state index contributed by atoms with van der Waals surface area (Å²) in [4.78, 5) is 0. The lowest BCUT2D eigenvalue weighted by molar-refractivity contribution is 0.0849. The van der Waals surface area contributed by atoms with Crippen LogP contribution < -0.4 is 0 Å². The second-order valence-corrected chi connectivity index (χ2v) is 5.26. The molecule has 4 nitrogen and oxygen atoms in total. The summed E-state index contributed by atoms with van der Waals surface area (Å²) in [5.74, 6) is 0. The highest BCUT2D eigenvalue weighted by atomic mass is 16.5. The molecule has 110 valence electrons. The molecular weight excluding hydrogens is 252 g/mol. The van der Waals surface area contributed by atoms with Crippen LogP contribution in [-0.4, -0.2) is 34.2 Å². The second-order valence-electron chi connectivity index (χ2n) is 5.26. The minimum atomic E-state index is -0.365. The van der Waals surface area contributed by atoms with Crippen molar-refractivity contribution in [2.75, 3.05) is 7.11 Å². The third kappa shape index (κ3) is 3.38. The maximum absolute atomic E-state index is 10.2. The van der Waals surface area contributed by atoms with Crippen molar-refractivity contribution in [2.24, 2.45) is 0 Å². The molecule has 1 N–H and O–H groups in total. The van der Waals surface area contributed by atoms with Gasteiger partial charge in [0.2, 0.25) is 0 Å². The fraction of sp³-hybridized carbons (Fsp3) is 0.562. The van der Waals surface area contributed by atoms with E-state index in [0.717, 1.165) is 36.0 Å². The lowest BCUT2D eigenvalue weighted by atomic mass is 10.0. The Morgan fingerprint density at radius 1 is 1.30 bits per heavy atom. The molecule has 0 saturated heterocycles. The predicted octanol–water partition coefficient (Wildman–Crippen LogP) is 2.77. The van der Waals surface area contributed by atoms with Crippen LogP contribution in [0.2, 0.25) is 0 Å². The zero-order chi connectivity index (χ0) is 14.5. The smallest absolute Gasteiger partial charge is 0.0729 e. The van der Waals surface area contributed by atoms with E-state index in [4.69, 9.17) is 4.74 Å². The molecule has 1 heterocycles. The first-order valence-electron chi connectivity index (χ1n) is 7.31. The van der Waals surface area contributed by atoms with E-state index in [1.54, 1.807) is 7.11 Å². The highest BCUT2D eigenvalue weighted by Crippen LogP contribution is 2.20. The Bertz CT molecular complexity index is 550. The van der Waals surface area contributed by atoms with E-state index in [0.29, 0.717) is 6.42 Å². The van der Waals surface area contributed by atoms with Crippen LogP contribution >= 0.6 is 0 Å². The zero-order valence-electron chi connectivity index (χ0n) is 12.5. The first-order valence-corrected chi connectivity index (χ1v) is 7.31. The van der Waals surface area contributed by atoms with Crippen molar-refractivity contribution < 1.29 is 9.84 Å². The molecule has 0 aliphatic rings. The highest BCUT2D eigenvalue weighted by Gasteiger charge is 2.14. The van der Waals surface area contributed by atoms with Crippen LogP contribution in [-0.2, 0) is 17.7 Å². The van der Waals surface area contributed by atoms with Crippen LogP contribution in [0.5, 0.6) is 0 Å². The molecule has 2 atom stereocenters. The van der Waals surface area contributed by atoms with E-state index in [9.17, 15) is 5.11 Å². The fourth-order valence-electron chi connectivity index (χ4n) is 2.46. The Hall–Kier alpha value is -1.39. The van der Waals surface area contributed by atoms with Gasteiger partial charge in [0, 0.05) is 25.5 Å². The number of hydrogen-bond donors (Lipinski definition) is 1. The Morgan fingerprint density at radius 2 is 2.05 bits per heavy atom. The molecule has 0 bridgehead atoms. The number of fused-ring (bicyclic) bond motifs is 1. The average Bonchev–Trinajstić information content (AvgIpc) is 2.83. The molecule has 1 aromatic heterocycles. The molecule has 0 aliphatic carbocycles. The third-order valence-corrected chi connectivity index (χ3v) is 3.77. The highest BCUT2D eigenvalue weighted by molar-refractivity contribution is 5.81. The number of rotatable bonds is 7. The van der Waals surface area contributed by atoms with Crippen molar-refractivity contribution in [1.82, 2.24) is 9.78 Å². The number of aliphatic hydroxyl groups excluding tert-OH is 1. The van der Waals surface area contributed by atoms with Crippen LogP contribution in [0, 0.1) is 0 Å². The second kappa shape index (κ2) is 6.86. The van der Waals surface area contributed by atoms with Gasteiger partial charge in [-0.25, -0.2) is 0 Å². The molecule has 0 amide bonds. The number of hydrogen-bond acceptors (Lipinski definition) is 3. The van der Waals surface area contributed by atoms with Gasteiger partial charge in [-0.1, -0.05) is 18.2 Å². The first-order chi connectivity index (χ1) is 9.65. The van der Waals surface area contributed by atoms with Gasteiger partial charge in [-0.05, 0) is 32.8 Å². The predicted molar refractivity (Wildman–Crippen MR) is 80.8 cm³/mol. The zero-order valence-corrected chi connectivity index (χ0v) is 12.5. The number of benzene rings is 1. The minimum Gasteiger partial charge on any atom is -0.393 e. The number of ether oxygens (including phenoxy) is 1. The summed E-state index contributed by atoms with van der Waals surface area (Å²) in [5, 5.41) is 16.0. The maximum Gasteiger partial charge on any atom is 0.0729 e. The standard InChI is InChI=1S/C16H24N2O2/c1-4-18-16-8-6-5-7-14(16)15(17-18)11-13(19)10-9-12(2)20-3/h5-8,12-13,19H,4,9-11H2,1-3H3. The lowest BCUT2D eigenvalue weighted by Gasteiger charge is -2.13. The molecular formula is C16H24N2O2. The quantitative estimate of drug-likeness (QED) is 0.846. The van der Waals surface area contributed by atoms with E-state index in [2.05, 4.69) is 24.2 Å². The maximum atomic E-state index is 10.2. The molecule has 0 aliphatic heterocycles. The molecule has 2 rings (SSSR count). The van der Waals surface area contributed by atoms with Gasteiger partial charge in [0.25, 0.3) is 0 Å². The Balaban J connectivity index is 2.09. The summed E-state index contributed by atoms with van der Waals surface area (Å²) in [6, 6.07) is 8.20. The van der Waals surface area contributed by atoms with Crippen molar-refractivity contribution in [3.8, 4) is 0 Å². The van der Waals surface area contributed by atoms with Crippen molar-refractivity contribution in [3.05, 3.63) is 30.0 Å².